The first kappa shape index (κ1) is 20.6. The molecule has 1 aliphatic heterocycles. The molecule has 4 N–H and O–H groups in total. The van der Waals surface area contributed by atoms with Crippen molar-refractivity contribution in [3.05, 3.63) is 47.5 Å². The number of phenolic OH excluding ortho intramolecular Hbond substituents is 2. The molecule has 1 heterocycles. The summed E-state index contributed by atoms with van der Waals surface area (Å²) in [7, 11) is 0. The zero-order valence-electron chi connectivity index (χ0n) is 16.6. The fraction of sp³-hybridized carbons (Fsp3) is 0.333. The van der Waals surface area contributed by atoms with Gasteiger partial charge in [-0.1, -0.05) is 0 Å². The summed E-state index contributed by atoms with van der Waals surface area (Å²) in [6.45, 7) is 6.29. The molecule has 0 radical (unpaired) electrons. The Morgan fingerprint density at radius 2 is 1.24 bits per heavy atom. The minimum Gasteiger partial charge on any atom is -0.508 e. The number of carbonyl (C=O) groups excluding carboxylic acids is 2. The van der Waals surface area contributed by atoms with Gasteiger partial charge >= 0.3 is 0 Å². The second-order valence-corrected chi connectivity index (χ2v) is 7.30. The van der Waals surface area contributed by atoms with E-state index in [4.69, 9.17) is 0 Å². The SMILES string of the molecule is CC(=O)Nc1ccc(O)c(CN2CCN(Cc3cc(NC(C)=O)ccc3O)C2)c1. The highest BCUT2D eigenvalue weighted by Gasteiger charge is 2.22. The van der Waals surface area contributed by atoms with E-state index in [0.29, 0.717) is 31.1 Å². The molecule has 3 rings (SSSR count). The van der Waals surface area contributed by atoms with Gasteiger partial charge in [-0.15, -0.1) is 0 Å². The number of phenols is 2. The predicted octanol–water partition coefficient (Wildman–Crippen LogP) is 2.29. The van der Waals surface area contributed by atoms with Gasteiger partial charge in [0, 0.05) is 62.5 Å². The summed E-state index contributed by atoms with van der Waals surface area (Å²) >= 11 is 0. The van der Waals surface area contributed by atoms with Gasteiger partial charge in [-0.2, -0.15) is 0 Å². The van der Waals surface area contributed by atoms with Crippen LogP contribution >= 0.6 is 0 Å². The molecule has 0 spiro atoms. The number of carbonyl (C=O) groups is 2. The number of benzene rings is 2. The van der Waals surface area contributed by atoms with Gasteiger partial charge in [-0.3, -0.25) is 19.4 Å². The van der Waals surface area contributed by atoms with E-state index in [-0.39, 0.29) is 23.3 Å². The van der Waals surface area contributed by atoms with Gasteiger partial charge in [0.05, 0.1) is 6.67 Å². The minimum absolute atomic E-state index is 0.157. The first-order valence-corrected chi connectivity index (χ1v) is 9.44. The van der Waals surface area contributed by atoms with E-state index in [9.17, 15) is 19.8 Å². The Hall–Kier alpha value is -3.10. The number of anilines is 2. The van der Waals surface area contributed by atoms with Crippen LogP contribution in [0, 0.1) is 0 Å². The lowest BCUT2D eigenvalue weighted by Crippen LogP contribution is -2.25. The fourth-order valence-electron chi connectivity index (χ4n) is 3.43. The molecule has 29 heavy (non-hydrogen) atoms. The van der Waals surface area contributed by atoms with Crippen LogP contribution in [0.1, 0.15) is 25.0 Å². The molecule has 1 saturated heterocycles. The Balaban J connectivity index is 1.62. The maximum Gasteiger partial charge on any atom is 0.221 e. The van der Waals surface area contributed by atoms with E-state index >= 15 is 0 Å². The van der Waals surface area contributed by atoms with Crippen molar-refractivity contribution >= 4 is 23.2 Å². The first-order valence-electron chi connectivity index (χ1n) is 9.44. The van der Waals surface area contributed by atoms with Gasteiger partial charge in [0.2, 0.25) is 11.8 Å². The predicted molar refractivity (Wildman–Crippen MR) is 111 cm³/mol. The molecule has 8 nitrogen and oxygen atoms in total. The molecule has 0 saturated carbocycles. The van der Waals surface area contributed by atoms with Crippen LogP contribution in [0.25, 0.3) is 0 Å². The van der Waals surface area contributed by atoms with Crippen LogP contribution in [0.15, 0.2) is 36.4 Å². The largest absolute Gasteiger partial charge is 0.508 e. The van der Waals surface area contributed by atoms with Crippen LogP contribution in [-0.4, -0.2) is 51.6 Å². The Morgan fingerprint density at radius 3 is 1.62 bits per heavy atom. The molecule has 2 amide bonds. The highest BCUT2D eigenvalue weighted by atomic mass is 16.3. The van der Waals surface area contributed by atoms with E-state index in [1.165, 1.54) is 13.8 Å². The summed E-state index contributed by atoms with van der Waals surface area (Å²) in [6, 6.07) is 10.1. The lowest BCUT2D eigenvalue weighted by Gasteiger charge is -2.20. The number of nitrogens with zero attached hydrogens (tertiary/aromatic N) is 2. The molecule has 2 aromatic carbocycles. The van der Waals surface area contributed by atoms with Gasteiger partial charge in [0.1, 0.15) is 11.5 Å². The number of nitrogens with one attached hydrogen (secondary N) is 2. The van der Waals surface area contributed by atoms with Crippen LogP contribution < -0.4 is 10.6 Å². The molecular formula is C21H26N4O4. The highest BCUT2D eigenvalue weighted by Crippen LogP contribution is 2.26. The van der Waals surface area contributed by atoms with Crippen LogP contribution in [0.4, 0.5) is 11.4 Å². The molecule has 0 aliphatic carbocycles. The molecule has 2 aromatic rings. The zero-order chi connectivity index (χ0) is 21.0. The molecule has 154 valence electrons. The topological polar surface area (TPSA) is 105 Å². The van der Waals surface area contributed by atoms with Gasteiger partial charge in [-0.05, 0) is 36.4 Å². The number of hydrogen-bond acceptors (Lipinski definition) is 6. The number of hydrogen-bond donors (Lipinski definition) is 4. The van der Waals surface area contributed by atoms with Gasteiger partial charge in [0.15, 0.2) is 0 Å². The van der Waals surface area contributed by atoms with Crippen molar-refractivity contribution in [3.63, 3.8) is 0 Å². The van der Waals surface area contributed by atoms with Crippen molar-refractivity contribution in [1.82, 2.24) is 9.80 Å². The monoisotopic (exact) mass is 398 g/mol. The third-order valence-electron chi connectivity index (χ3n) is 4.72. The lowest BCUT2D eigenvalue weighted by molar-refractivity contribution is -0.115. The maximum atomic E-state index is 11.2. The summed E-state index contributed by atoms with van der Waals surface area (Å²) in [5, 5.41) is 25.8. The van der Waals surface area contributed by atoms with E-state index in [0.717, 1.165) is 24.2 Å². The standard InChI is InChI=1S/C21H26N4O4/c1-14(26)22-18-3-5-20(28)16(9-18)11-24-7-8-25(13-24)12-17-10-19(23-15(2)27)4-6-21(17)29/h3-6,9-10,28-29H,7-8,11-13H2,1-2H3,(H,22,26)(H,23,27). The summed E-state index contributed by atoms with van der Waals surface area (Å²) in [5.41, 5.74) is 2.80. The number of amides is 2. The molecule has 1 fully saturated rings. The Labute approximate surface area is 169 Å². The summed E-state index contributed by atoms with van der Waals surface area (Å²) in [6.07, 6.45) is 0. The molecule has 0 aromatic heterocycles. The molecule has 0 bridgehead atoms. The molecule has 0 atom stereocenters. The average molecular weight is 398 g/mol. The second kappa shape index (κ2) is 8.93. The normalized spacial score (nSPS) is 14.7. The van der Waals surface area contributed by atoms with Crippen molar-refractivity contribution in [3.8, 4) is 11.5 Å². The minimum atomic E-state index is -0.157. The maximum absolute atomic E-state index is 11.2. The third-order valence-corrected chi connectivity index (χ3v) is 4.72. The zero-order valence-corrected chi connectivity index (χ0v) is 16.6. The Bertz CT molecular complexity index is 842. The van der Waals surface area contributed by atoms with Crippen molar-refractivity contribution in [1.29, 1.82) is 0 Å². The quantitative estimate of drug-likeness (QED) is 0.557. The van der Waals surface area contributed by atoms with E-state index in [1.54, 1.807) is 36.4 Å². The first-order chi connectivity index (χ1) is 13.8. The highest BCUT2D eigenvalue weighted by molar-refractivity contribution is 5.89. The van der Waals surface area contributed by atoms with Crippen LogP contribution in [0.2, 0.25) is 0 Å². The molecule has 8 heteroatoms. The fourth-order valence-corrected chi connectivity index (χ4v) is 3.43. The molecular weight excluding hydrogens is 372 g/mol. The lowest BCUT2D eigenvalue weighted by atomic mass is 10.1. The van der Waals surface area contributed by atoms with E-state index < -0.39 is 0 Å². The summed E-state index contributed by atoms with van der Waals surface area (Å²) < 4.78 is 0. The van der Waals surface area contributed by atoms with Crippen LogP contribution in [0.3, 0.4) is 0 Å². The molecule has 1 aliphatic rings. The average Bonchev–Trinajstić information content (AvgIpc) is 3.07. The van der Waals surface area contributed by atoms with E-state index in [1.807, 2.05) is 0 Å². The Kier molecular flexibility index (Phi) is 6.36. The van der Waals surface area contributed by atoms with Crippen LogP contribution in [-0.2, 0) is 22.7 Å². The van der Waals surface area contributed by atoms with Crippen molar-refractivity contribution in [2.75, 3.05) is 30.4 Å². The smallest absolute Gasteiger partial charge is 0.221 e. The van der Waals surface area contributed by atoms with Crippen molar-refractivity contribution in [2.24, 2.45) is 0 Å². The second-order valence-electron chi connectivity index (χ2n) is 7.30. The van der Waals surface area contributed by atoms with Gasteiger partial charge in [-0.25, -0.2) is 0 Å². The third kappa shape index (κ3) is 5.69. The van der Waals surface area contributed by atoms with Crippen LogP contribution in [0.5, 0.6) is 11.5 Å². The summed E-state index contributed by atoms with van der Waals surface area (Å²) in [4.78, 5) is 26.9. The van der Waals surface area contributed by atoms with Gasteiger partial charge in [0.25, 0.3) is 0 Å². The number of aromatic hydroxyl groups is 2. The molecule has 0 unspecified atom stereocenters. The summed E-state index contributed by atoms with van der Waals surface area (Å²) in [5.74, 6) is 0.0713. The number of rotatable bonds is 6. The van der Waals surface area contributed by atoms with E-state index in [2.05, 4.69) is 20.4 Å². The van der Waals surface area contributed by atoms with Crippen molar-refractivity contribution < 1.29 is 19.8 Å². The Morgan fingerprint density at radius 1 is 0.828 bits per heavy atom. The van der Waals surface area contributed by atoms with Gasteiger partial charge < -0.3 is 20.8 Å². The van der Waals surface area contributed by atoms with Crippen molar-refractivity contribution in [2.45, 2.75) is 26.9 Å².